The third-order valence-corrected chi connectivity index (χ3v) is 1.20. The molecule has 14 heavy (non-hydrogen) atoms. The molecule has 0 aliphatic rings. The topological polar surface area (TPSA) is 29.1 Å². The smallest absolute Gasteiger partial charge is 0.342 e. The summed E-state index contributed by atoms with van der Waals surface area (Å²) in [5.41, 5.74) is 0. The highest BCUT2D eigenvalue weighted by molar-refractivity contribution is 5.47. The van der Waals surface area contributed by atoms with Gasteiger partial charge in [0.1, 0.15) is 0 Å². The summed E-state index contributed by atoms with van der Waals surface area (Å²) in [6.45, 7) is -2.14. The number of amides is 1. The molecule has 0 aliphatic heterocycles. The standard InChI is InChI=1S/C5H3F7NO/c6-3(7,1-13-2-14)4(8,9)5(10,11)12/h1H2,(H,13,14). The lowest BCUT2D eigenvalue weighted by atomic mass is 10.1. The quantitative estimate of drug-likeness (QED) is 0.570. The van der Waals surface area contributed by atoms with Crippen molar-refractivity contribution in [3.05, 3.63) is 0 Å². The Morgan fingerprint density at radius 3 is 1.71 bits per heavy atom. The van der Waals surface area contributed by atoms with Crippen LogP contribution in [-0.2, 0) is 4.79 Å². The molecule has 0 fully saturated rings. The Hall–Kier alpha value is -1.02. The summed E-state index contributed by atoms with van der Waals surface area (Å²) in [5, 5.41) is 0.931. The highest BCUT2D eigenvalue weighted by Gasteiger charge is 2.72. The van der Waals surface area contributed by atoms with Crippen molar-refractivity contribution < 1.29 is 35.5 Å². The Balaban J connectivity index is 4.77. The molecule has 0 saturated heterocycles. The van der Waals surface area contributed by atoms with Crippen molar-refractivity contribution in [3.63, 3.8) is 0 Å². The average Bonchev–Trinajstić information content (AvgIpc) is 1.98. The third-order valence-electron chi connectivity index (χ3n) is 1.20. The number of hydrogen-bond donors (Lipinski definition) is 1. The number of carbonyl (C=O) groups excluding carboxylic acids is 1. The first-order valence-electron chi connectivity index (χ1n) is 2.98. The lowest BCUT2D eigenvalue weighted by molar-refractivity contribution is -0.352. The van der Waals surface area contributed by atoms with Crippen LogP contribution in [0.2, 0.25) is 0 Å². The summed E-state index contributed by atoms with van der Waals surface area (Å²) >= 11 is 0. The van der Waals surface area contributed by atoms with Crippen LogP contribution in [0.25, 0.3) is 0 Å². The number of alkyl halides is 7. The maximum atomic E-state index is 12.2. The van der Waals surface area contributed by atoms with Gasteiger partial charge in [0.05, 0.1) is 6.54 Å². The maximum absolute atomic E-state index is 12.2. The molecule has 0 bridgehead atoms. The molecule has 9 heteroatoms. The normalized spacial score (nSPS) is 13.9. The Labute approximate surface area is 73.1 Å². The van der Waals surface area contributed by atoms with E-state index in [2.05, 4.69) is 0 Å². The molecule has 1 radical (unpaired) electrons. The van der Waals surface area contributed by atoms with E-state index in [0.29, 0.717) is 6.41 Å². The average molecular weight is 226 g/mol. The minimum Gasteiger partial charge on any atom is -0.342 e. The van der Waals surface area contributed by atoms with Crippen molar-refractivity contribution in [2.45, 2.75) is 18.0 Å². The molecule has 0 aromatic rings. The van der Waals surface area contributed by atoms with Crippen LogP contribution in [-0.4, -0.2) is 31.0 Å². The highest BCUT2D eigenvalue weighted by Crippen LogP contribution is 2.45. The van der Waals surface area contributed by atoms with Crippen LogP contribution in [0.5, 0.6) is 0 Å². The van der Waals surface area contributed by atoms with Crippen LogP contribution < -0.4 is 5.32 Å². The summed E-state index contributed by atoms with van der Waals surface area (Å²) in [5.74, 6) is -11.6. The van der Waals surface area contributed by atoms with Gasteiger partial charge in [0.2, 0.25) is 0 Å². The van der Waals surface area contributed by atoms with E-state index in [1.807, 2.05) is 0 Å². The van der Waals surface area contributed by atoms with Crippen LogP contribution in [0.3, 0.4) is 0 Å². The molecule has 0 aromatic heterocycles. The van der Waals surface area contributed by atoms with Crippen LogP contribution in [0.15, 0.2) is 0 Å². The van der Waals surface area contributed by atoms with E-state index >= 15 is 0 Å². The molecular formula is C5H3F7NO. The van der Waals surface area contributed by atoms with Crippen molar-refractivity contribution in [2.24, 2.45) is 0 Å². The number of halogens is 7. The molecule has 1 N–H and O–H groups in total. The second-order valence-electron chi connectivity index (χ2n) is 2.23. The van der Waals surface area contributed by atoms with Gasteiger partial charge in [0.25, 0.3) is 0 Å². The second kappa shape index (κ2) is 3.62. The fraction of sp³-hybridized carbons (Fsp3) is 0.800. The van der Waals surface area contributed by atoms with Gasteiger partial charge in [0, 0.05) is 0 Å². The SMILES string of the molecule is O=[C]NCC(F)(F)C(F)(F)C(F)(F)F. The van der Waals surface area contributed by atoms with E-state index in [4.69, 9.17) is 0 Å². The fourth-order valence-corrected chi connectivity index (χ4v) is 0.465. The summed E-state index contributed by atoms with van der Waals surface area (Å²) < 4.78 is 82.5. The minimum absolute atomic E-state index is 0.567. The Morgan fingerprint density at radius 1 is 1.00 bits per heavy atom. The van der Waals surface area contributed by atoms with Gasteiger partial charge in [-0.05, 0) is 0 Å². The summed E-state index contributed by atoms with van der Waals surface area (Å²) in [7, 11) is 0. The molecular weight excluding hydrogens is 223 g/mol. The predicted molar refractivity (Wildman–Crippen MR) is 29.6 cm³/mol. The van der Waals surface area contributed by atoms with Crippen LogP contribution in [0.1, 0.15) is 0 Å². The minimum atomic E-state index is -6.37. The van der Waals surface area contributed by atoms with E-state index in [1.54, 1.807) is 0 Å². The first-order chi connectivity index (χ1) is 6.06. The van der Waals surface area contributed by atoms with Gasteiger partial charge in [-0.15, -0.1) is 0 Å². The summed E-state index contributed by atoms with van der Waals surface area (Å²) in [4.78, 5) is 9.33. The molecule has 0 rings (SSSR count). The molecule has 0 heterocycles. The molecule has 0 atom stereocenters. The van der Waals surface area contributed by atoms with Crippen LogP contribution in [0, 0.1) is 0 Å². The van der Waals surface area contributed by atoms with Crippen molar-refractivity contribution >= 4 is 6.41 Å². The van der Waals surface area contributed by atoms with Crippen LogP contribution in [0.4, 0.5) is 30.7 Å². The maximum Gasteiger partial charge on any atom is 0.459 e. The van der Waals surface area contributed by atoms with Crippen molar-refractivity contribution in [3.8, 4) is 0 Å². The van der Waals surface area contributed by atoms with E-state index in [-0.39, 0.29) is 0 Å². The monoisotopic (exact) mass is 226 g/mol. The Morgan fingerprint density at radius 2 is 1.43 bits per heavy atom. The molecule has 2 nitrogen and oxygen atoms in total. The van der Waals surface area contributed by atoms with Gasteiger partial charge in [-0.3, -0.25) is 4.79 Å². The molecule has 0 saturated carbocycles. The Bertz CT molecular complexity index is 211. The largest absolute Gasteiger partial charge is 0.459 e. The zero-order valence-electron chi connectivity index (χ0n) is 6.26. The van der Waals surface area contributed by atoms with Gasteiger partial charge in [-0.25, -0.2) is 0 Å². The van der Waals surface area contributed by atoms with Crippen molar-refractivity contribution in [1.29, 1.82) is 0 Å². The number of nitrogens with one attached hydrogen (secondary N) is 1. The molecule has 0 aliphatic carbocycles. The van der Waals surface area contributed by atoms with Crippen molar-refractivity contribution in [1.82, 2.24) is 5.32 Å². The first kappa shape index (κ1) is 13.0. The molecule has 0 spiro atoms. The molecule has 0 unspecified atom stereocenters. The second-order valence-corrected chi connectivity index (χ2v) is 2.23. The van der Waals surface area contributed by atoms with Crippen LogP contribution >= 0.6 is 0 Å². The summed E-state index contributed by atoms with van der Waals surface area (Å²) in [6, 6.07) is 0. The van der Waals surface area contributed by atoms with Gasteiger partial charge in [-0.1, -0.05) is 0 Å². The third kappa shape index (κ3) is 2.26. The predicted octanol–water partition coefficient (Wildman–Crippen LogP) is 1.48. The van der Waals surface area contributed by atoms with Gasteiger partial charge in [-0.2, -0.15) is 30.7 Å². The van der Waals surface area contributed by atoms with E-state index in [1.165, 1.54) is 0 Å². The molecule has 83 valence electrons. The molecule has 0 aromatic carbocycles. The number of rotatable bonds is 4. The zero-order chi connectivity index (χ0) is 11.6. The highest BCUT2D eigenvalue weighted by atomic mass is 19.4. The molecule has 1 amide bonds. The number of hydrogen-bond acceptors (Lipinski definition) is 1. The Kier molecular flexibility index (Phi) is 3.35. The van der Waals surface area contributed by atoms with E-state index in [9.17, 15) is 35.5 Å². The van der Waals surface area contributed by atoms with Gasteiger partial charge in [0.15, 0.2) is 0 Å². The zero-order valence-corrected chi connectivity index (χ0v) is 6.26. The van der Waals surface area contributed by atoms with Crippen molar-refractivity contribution in [2.75, 3.05) is 6.54 Å². The van der Waals surface area contributed by atoms with Gasteiger partial charge < -0.3 is 5.32 Å². The fourth-order valence-electron chi connectivity index (χ4n) is 0.465. The lowest BCUT2D eigenvalue weighted by Crippen LogP contribution is -2.56. The first-order valence-corrected chi connectivity index (χ1v) is 2.98. The van der Waals surface area contributed by atoms with E-state index < -0.39 is 24.6 Å². The lowest BCUT2D eigenvalue weighted by Gasteiger charge is -2.27. The van der Waals surface area contributed by atoms with E-state index in [0.717, 1.165) is 5.32 Å². The summed E-state index contributed by atoms with van der Waals surface area (Å²) in [6.07, 6.45) is -5.81. The van der Waals surface area contributed by atoms with Gasteiger partial charge >= 0.3 is 24.4 Å².